The van der Waals surface area contributed by atoms with Gasteiger partial charge >= 0.3 is 0 Å². The summed E-state index contributed by atoms with van der Waals surface area (Å²) < 4.78 is 2.57. The van der Waals surface area contributed by atoms with Gasteiger partial charge in [0.2, 0.25) is 0 Å². The molecule has 0 heterocycles. The molecule has 2 heteroatoms. The van der Waals surface area contributed by atoms with Crippen molar-refractivity contribution in [2.24, 2.45) is 0 Å². The maximum Gasteiger partial charge on any atom is 0.153 e. The lowest BCUT2D eigenvalue weighted by Crippen LogP contribution is -2.45. The summed E-state index contributed by atoms with van der Waals surface area (Å²) in [5.74, 6) is 0. The van der Waals surface area contributed by atoms with Gasteiger partial charge in [-0.3, -0.25) is 0 Å². The Morgan fingerprint density at radius 3 is 1.90 bits per heavy atom. The number of allylic oxidation sites excluding steroid dienone is 1. The summed E-state index contributed by atoms with van der Waals surface area (Å²) >= 11 is 0. The molecule has 0 aliphatic rings. The van der Waals surface area contributed by atoms with Gasteiger partial charge in [0.1, 0.15) is 0 Å². The quantitative estimate of drug-likeness (QED) is 0.632. The zero-order valence-corrected chi connectivity index (χ0v) is 14.5. The fourth-order valence-electron chi connectivity index (χ4n) is 2.63. The van der Waals surface area contributed by atoms with Gasteiger partial charge in [0.15, 0.2) is 8.24 Å². The van der Waals surface area contributed by atoms with Crippen LogP contribution in [0, 0.1) is 0 Å². The molecule has 0 saturated heterocycles. The molecule has 0 N–H and O–H groups in total. The highest BCUT2D eigenvalue weighted by molar-refractivity contribution is 6.80. The number of nitrogens with zero attached hydrogens (tertiary/aromatic N) is 1. The zero-order valence-electron chi connectivity index (χ0n) is 13.5. The first-order valence-electron chi connectivity index (χ1n) is 7.63. The van der Waals surface area contributed by atoms with E-state index in [9.17, 15) is 0 Å². The Kier molecular flexibility index (Phi) is 5.02. The molecule has 0 bridgehead atoms. The van der Waals surface area contributed by atoms with E-state index in [1.807, 2.05) is 0 Å². The van der Waals surface area contributed by atoms with Gasteiger partial charge in [-0.2, -0.15) is 0 Å². The Morgan fingerprint density at radius 1 is 0.905 bits per heavy atom. The predicted molar refractivity (Wildman–Crippen MR) is 97.0 cm³/mol. The van der Waals surface area contributed by atoms with Crippen LogP contribution in [0.4, 0.5) is 5.69 Å². The molecule has 2 aromatic carbocycles. The van der Waals surface area contributed by atoms with Crippen molar-refractivity contribution in [1.82, 2.24) is 0 Å². The lowest BCUT2D eigenvalue weighted by atomic mass is 10.1. The van der Waals surface area contributed by atoms with Crippen LogP contribution < -0.4 is 4.57 Å². The van der Waals surface area contributed by atoms with Crippen LogP contribution in [0.5, 0.6) is 0 Å². The van der Waals surface area contributed by atoms with Gasteiger partial charge in [-0.05, 0) is 30.2 Å². The molecular formula is C19H25NSi. The van der Waals surface area contributed by atoms with E-state index >= 15 is 0 Å². The molecule has 21 heavy (non-hydrogen) atoms. The Morgan fingerprint density at radius 2 is 1.43 bits per heavy atom. The van der Waals surface area contributed by atoms with Crippen molar-refractivity contribution < 1.29 is 0 Å². The smallest absolute Gasteiger partial charge is 0.153 e. The van der Waals surface area contributed by atoms with E-state index < -0.39 is 8.24 Å². The number of rotatable bonds is 5. The van der Waals surface area contributed by atoms with Crippen molar-refractivity contribution in [3.8, 4) is 0 Å². The molecule has 0 fully saturated rings. The highest BCUT2D eigenvalue weighted by Gasteiger charge is 2.26. The molecule has 110 valence electrons. The van der Waals surface area contributed by atoms with Crippen molar-refractivity contribution in [2.75, 3.05) is 4.57 Å². The van der Waals surface area contributed by atoms with Gasteiger partial charge < -0.3 is 4.57 Å². The molecule has 0 unspecified atom stereocenters. The summed E-state index contributed by atoms with van der Waals surface area (Å²) in [5.41, 5.74) is 3.97. The van der Waals surface area contributed by atoms with Crippen molar-refractivity contribution in [2.45, 2.75) is 33.0 Å². The largest absolute Gasteiger partial charge is 0.373 e. The van der Waals surface area contributed by atoms with Crippen molar-refractivity contribution in [3.63, 3.8) is 0 Å². The van der Waals surface area contributed by atoms with Crippen LogP contribution >= 0.6 is 0 Å². The molecule has 0 spiro atoms. The molecule has 0 radical (unpaired) electrons. The summed E-state index contributed by atoms with van der Waals surface area (Å²) in [6.45, 7) is 9.43. The van der Waals surface area contributed by atoms with E-state index in [4.69, 9.17) is 0 Å². The second-order valence-electron chi connectivity index (χ2n) is 6.24. The standard InChI is InChI=1S/C19H25NSi/c1-5-18(16-17-12-8-6-9-13-17)20(21(2,3)4)19-14-10-7-11-15-19/h6-16H,5H2,1-4H3/b18-16+. The third-order valence-corrected chi connectivity index (χ3v) is 5.35. The van der Waals surface area contributed by atoms with Gasteiger partial charge in [-0.25, -0.2) is 0 Å². The van der Waals surface area contributed by atoms with E-state index in [1.165, 1.54) is 16.9 Å². The van der Waals surface area contributed by atoms with Crippen LogP contribution in [0.15, 0.2) is 66.4 Å². The fourth-order valence-corrected chi connectivity index (χ4v) is 4.64. The maximum atomic E-state index is 2.57. The Labute approximate surface area is 130 Å². The van der Waals surface area contributed by atoms with Gasteiger partial charge in [0, 0.05) is 11.4 Å². The van der Waals surface area contributed by atoms with E-state index in [0.29, 0.717) is 0 Å². The average Bonchev–Trinajstić information content (AvgIpc) is 2.47. The topological polar surface area (TPSA) is 3.24 Å². The van der Waals surface area contributed by atoms with E-state index in [0.717, 1.165) is 6.42 Å². The molecule has 0 aromatic heterocycles. The molecule has 1 nitrogen and oxygen atoms in total. The normalized spacial score (nSPS) is 12.3. The second kappa shape index (κ2) is 6.77. The Hall–Kier alpha value is -1.80. The number of hydrogen-bond donors (Lipinski definition) is 0. The first-order valence-corrected chi connectivity index (χ1v) is 11.1. The molecule has 2 aromatic rings. The summed E-state index contributed by atoms with van der Waals surface area (Å²) in [6, 6.07) is 21.4. The fraction of sp³-hybridized carbons (Fsp3) is 0.263. The van der Waals surface area contributed by atoms with E-state index in [2.05, 4.69) is 97.9 Å². The highest BCUT2D eigenvalue weighted by Crippen LogP contribution is 2.28. The monoisotopic (exact) mass is 295 g/mol. The van der Waals surface area contributed by atoms with E-state index in [1.54, 1.807) is 0 Å². The summed E-state index contributed by atoms with van der Waals surface area (Å²) in [6.07, 6.45) is 3.36. The third kappa shape index (κ3) is 4.08. The summed E-state index contributed by atoms with van der Waals surface area (Å²) in [7, 11) is -1.50. The Balaban J connectivity index is 2.47. The minimum Gasteiger partial charge on any atom is -0.373 e. The van der Waals surface area contributed by atoms with Crippen LogP contribution in [-0.2, 0) is 0 Å². The van der Waals surface area contributed by atoms with Crippen LogP contribution in [0.3, 0.4) is 0 Å². The van der Waals surface area contributed by atoms with E-state index in [-0.39, 0.29) is 0 Å². The first kappa shape index (κ1) is 15.6. The molecular weight excluding hydrogens is 270 g/mol. The zero-order chi connectivity index (χ0) is 15.3. The molecule has 0 aliphatic heterocycles. The molecule has 0 saturated carbocycles. The van der Waals surface area contributed by atoms with Gasteiger partial charge in [-0.15, -0.1) is 0 Å². The van der Waals surface area contributed by atoms with Crippen LogP contribution in [0.25, 0.3) is 6.08 Å². The van der Waals surface area contributed by atoms with Gasteiger partial charge in [0.25, 0.3) is 0 Å². The SMILES string of the molecule is CC/C(=C\c1ccccc1)N(c1ccccc1)[Si](C)(C)C. The molecule has 2 rings (SSSR count). The molecule has 0 amide bonds. The molecule has 0 aliphatic carbocycles. The first-order chi connectivity index (χ1) is 10.0. The third-order valence-electron chi connectivity index (χ3n) is 3.47. The highest BCUT2D eigenvalue weighted by atomic mass is 28.3. The number of para-hydroxylation sites is 1. The van der Waals surface area contributed by atoms with Crippen molar-refractivity contribution in [3.05, 3.63) is 71.9 Å². The number of hydrogen-bond acceptors (Lipinski definition) is 1. The Bertz CT molecular complexity index is 582. The van der Waals surface area contributed by atoms with Gasteiger partial charge in [-0.1, -0.05) is 75.1 Å². The maximum absolute atomic E-state index is 2.57. The van der Waals surface area contributed by atoms with Crippen LogP contribution in [-0.4, -0.2) is 8.24 Å². The minimum atomic E-state index is -1.50. The number of anilines is 1. The average molecular weight is 296 g/mol. The number of benzene rings is 2. The van der Waals surface area contributed by atoms with Crippen molar-refractivity contribution in [1.29, 1.82) is 0 Å². The lowest BCUT2D eigenvalue weighted by molar-refractivity contribution is 1.04. The van der Waals surface area contributed by atoms with Crippen molar-refractivity contribution >= 4 is 20.0 Å². The summed E-state index contributed by atoms with van der Waals surface area (Å²) in [4.78, 5) is 0. The lowest BCUT2D eigenvalue weighted by Gasteiger charge is -2.38. The summed E-state index contributed by atoms with van der Waals surface area (Å²) in [5, 5.41) is 0. The molecule has 0 atom stereocenters. The van der Waals surface area contributed by atoms with Gasteiger partial charge in [0.05, 0.1) is 0 Å². The minimum absolute atomic E-state index is 1.04. The van der Waals surface area contributed by atoms with Crippen LogP contribution in [0.1, 0.15) is 18.9 Å². The predicted octanol–water partition coefficient (Wildman–Crippen LogP) is 5.78. The second-order valence-corrected chi connectivity index (χ2v) is 11.0. The van der Waals surface area contributed by atoms with Crippen LogP contribution in [0.2, 0.25) is 19.6 Å².